The van der Waals surface area contributed by atoms with Gasteiger partial charge in [-0.1, -0.05) is 23.7 Å². The van der Waals surface area contributed by atoms with Crippen LogP contribution in [0.4, 0.5) is 0 Å². The van der Waals surface area contributed by atoms with E-state index in [2.05, 4.69) is 0 Å². The van der Waals surface area contributed by atoms with Gasteiger partial charge in [-0.05, 0) is 44.2 Å². The number of ether oxygens (including phenoxy) is 1. The molecule has 0 aliphatic carbocycles. The number of carbonyl (C=O) groups is 2. The van der Waals surface area contributed by atoms with Crippen LogP contribution in [-0.2, 0) is 4.79 Å². The quantitative estimate of drug-likeness (QED) is 0.853. The molecule has 1 N–H and O–H groups in total. The van der Waals surface area contributed by atoms with Crippen molar-refractivity contribution in [1.29, 1.82) is 0 Å². The largest absolute Gasteiger partial charge is 0.479 e. The first-order valence-electron chi connectivity index (χ1n) is 6.69. The molecule has 0 aromatic heterocycles. The normalized spacial score (nSPS) is 11.8. The number of hydrogen-bond acceptors (Lipinski definition) is 3. The van der Waals surface area contributed by atoms with Crippen LogP contribution in [0.1, 0.15) is 28.4 Å². The van der Waals surface area contributed by atoms with Gasteiger partial charge in [0.15, 0.2) is 11.9 Å². The van der Waals surface area contributed by atoms with Crippen molar-refractivity contribution in [3.8, 4) is 5.75 Å². The number of benzene rings is 2. The Balaban J connectivity index is 2.34. The molecule has 0 saturated carbocycles. The Hall–Kier alpha value is -2.33. The van der Waals surface area contributed by atoms with Crippen molar-refractivity contribution in [2.45, 2.75) is 20.0 Å². The van der Waals surface area contributed by atoms with Crippen LogP contribution in [0, 0.1) is 6.92 Å². The molecule has 2 aromatic carbocycles. The summed E-state index contributed by atoms with van der Waals surface area (Å²) in [7, 11) is 0. The molecule has 114 valence electrons. The van der Waals surface area contributed by atoms with Gasteiger partial charge >= 0.3 is 5.97 Å². The lowest BCUT2D eigenvalue weighted by atomic mass is 9.98. The minimum absolute atomic E-state index is 0.164. The Kier molecular flexibility index (Phi) is 4.83. The third-order valence-electron chi connectivity index (χ3n) is 3.29. The Morgan fingerprint density at radius 1 is 1.14 bits per heavy atom. The maximum atomic E-state index is 12.5. The van der Waals surface area contributed by atoms with Gasteiger partial charge in [-0.3, -0.25) is 4.79 Å². The molecule has 0 aliphatic heterocycles. The summed E-state index contributed by atoms with van der Waals surface area (Å²) < 4.78 is 5.38. The molecule has 4 nitrogen and oxygen atoms in total. The average Bonchev–Trinajstić information content (AvgIpc) is 2.49. The number of halogens is 1. The van der Waals surface area contributed by atoms with Crippen molar-refractivity contribution >= 4 is 23.4 Å². The standard InChI is InChI=1S/C17H15ClO4/c1-10-14(16(19)12-6-8-13(18)9-7-12)4-3-5-15(10)22-11(2)17(20)21/h3-9,11H,1-2H3,(H,20,21)/t11-/m0/s1. The van der Waals surface area contributed by atoms with Crippen LogP contribution >= 0.6 is 11.6 Å². The highest BCUT2D eigenvalue weighted by Gasteiger charge is 2.18. The first-order valence-corrected chi connectivity index (χ1v) is 7.07. The molecule has 2 rings (SSSR count). The van der Waals surface area contributed by atoms with E-state index in [1.807, 2.05) is 0 Å². The van der Waals surface area contributed by atoms with Gasteiger partial charge in [0.2, 0.25) is 0 Å². The molecule has 22 heavy (non-hydrogen) atoms. The Morgan fingerprint density at radius 2 is 1.77 bits per heavy atom. The lowest BCUT2D eigenvalue weighted by Crippen LogP contribution is -2.23. The second-order valence-corrected chi connectivity index (χ2v) is 5.30. The van der Waals surface area contributed by atoms with Crippen LogP contribution in [0.2, 0.25) is 5.02 Å². The number of aliphatic carboxylic acids is 1. The topological polar surface area (TPSA) is 63.6 Å². The summed E-state index contributed by atoms with van der Waals surface area (Å²) in [5, 5.41) is 9.47. The minimum Gasteiger partial charge on any atom is -0.479 e. The number of carboxylic acid groups (broad SMARTS) is 1. The highest BCUT2D eigenvalue weighted by atomic mass is 35.5. The summed E-state index contributed by atoms with van der Waals surface area (Å²) in [4.78, 5) is 23.4. The highest BCUT2D eigenvalue weighted by molar-refractivity contribution is 6.30. The summed E-state index contributed by atoms with van der Waals surface area (Å²) >= 11 is 5.82. The molecule has 2 aromatic rings. The van der Waals surface area contributed by atoms with Crippen molar-refractivity contribution in [2.75, 3.05) is 0 Å². The third-order valence-corrected chi connectivity index (χ3v) is 3.54. The second kappa shape index (κ2) is 6.62. The maximum Gasteiger partial charge on any atom is 0.344 e. The van der Waals surface area contributed by atoms with E-state index in [0.717, 1.165) is 0 Å². The summed E-state index contributed by atoms with van der Waals surface area (Å²) in [6.45, 7) is 3.17. The molecule has 0 saturated heterocycles. The van der Waals surface area contributed by atoms with E-state index in [0.29, 0.717) is 27.5 Å². The zero-order valence-electron chi connectivity index (χ0n) is 12.2. The van der Waals surface area contributed by atoms with E-state index >= 15 is 0 Å². The van der Waals surface area contributed by atoms with Crippen molar-refractivity contribution < 1.29 is 19.4 Å². The lowest BCUT2D eigenvalue weighted by molar-refractivity contribution is -0.144. The smallest absolute Gasteiger partial charge is 0.344 e. The van der Waals surface area contributed by atoms with Gasteiger partial charge in [0.1, 0.15) is 5.75 Å². The van der Waals surface area contributed by atoms with Gasteiger partial charge in [0, 0.05) is 21.7 Å². The number of rotatable bonds is 5. The van der Waals surface area contributed by atoms with Crippen LogP contribution in [0.5, 0.6) is 5.75 Å². The predicted octanol–water partition coefficient (Wildman–Crippen LogP) is 3.73. The molecule has 0 aliphatic rings. The van der Waals surface area contributed by atoms with Gasteiger partial charge < -0.3 is 9.84 Å². The fourth-order valence-corrected chi connectivity index (χ4v) is 2.11. The molecule has 0 radical (unpaired) electrons. The van der Waals surface area contributed by atoms with E-state index in [9.17, 15) is 9.59 Å². The van der Waals surface area contributed by atoms with Crippen molar-refractivity contribution in [1.82, 2.24) is 0 Å². The Labute approximate surface area is 133 Å². The Morgan fingerprint density at radius 3 is 2.36 bits per heavy atom. The summed E-state index contributed by atoms with van der Waals surface area (Å²) in [6.07, 6.45) is -0.986. The van der Waals surface area contributed by atoms with E-state index in [-0.39, 0.29) is 5.78 Å². The maximum absolute atomic E-state index is 12.5. The fraction of sp³-hybridized carbons (Fsp3) is 0.176. The number of carbonyl (C=O) groups excluding carboxylic acids is 1. The summed E-state index contributed by atoms with van der Waals surface area (Å²) in [6, 6.07) is 11.6. The number of carboxylic acids is 1. The first kappa shape index (κ1) is 16.0. The lowest BCUT2D eigenvalue weighted by Gasteiger charge is -2.15. The number of hydrogen-bond donors (Lipinski definition) is 1. The summed E-state index contributed by atoms with van der Waals surface area (Å²) in [5.41, 5.74) is 1.59. The zero-order chi connectivity index (χ0) is 16.3. The van der Waals surface area contributed by atoms with Crippen LogP contribution in [0.25, 0.3) is 0 Å². The van der Waals surface area contributed by atoms with Crippen LogP contribution in [0.3, 0.4) is 0 Å². The van der Waals surface area contributed by atoms with Crippen LogP contribution in [0.15, 0.2) is 42.5 Å². The molecule has 5 heteroatoms. The molecule has 1 atom stereocenters. The van der Waals surface area contributed by atoms with Crippen LogP contribution < -0.4 is 4.74 Å². The fourth-order valence-electron chi connectivity index (χ4n) is 1.99. The first-order chi connectivity index (χ1) is 10.4. The van der Waals surface area contributed by atoms with Gasteiger partial charge in [-0.25, -0.2) is 4.79 Å². The monoisotopic (exact) mass is 318 g/mol. The second-order valence-electron chi connectivity index (χ2n) is 4.86. The molecule has 0 bridgehead atoms. The molecule has 0 spiro atoms. The number of ketones is 1. The Bertz CT molecular complexity index is 707. The zero-order valence-corrected chi connectivity index (χ0v) is 12.9. The van der Waals surface area contributed by atoms with Gasteiger partial charge in [0.25, 0.3) is 0 Å². The average molecular weight is 319 g/mol. The van der Waals surface area contributed by atoms with E-state index in [1.165, 1.54) is 6.92 Å². The predicted molar refractivity (Wildman–Crippen MR) is 83.8 cm³/mol. The molecule has 0 unspecified atom stereocenters. The van der Waals surface area contributed by atoms with E-state index < -0.39 is 12.1 Å². The van der Waals surface area contributed by atoms with E-state index in [1.54, 1.807) is 49.4 Å². The minimum atomic E-state index is -1.06. The van der Waals surface area contributed by atoms with Gasteiger partial charge in [-0.2, -0.15) is 0 Å². The molecular weight excluding hydrogens is 304 g/mol. The SMILES string of the molecule is Cc1c(O[C@@H](C)C(=O)O)cccc1C(=O)c1ccc(Cl)cc1. The third kappa shape index (κ3) is 3.46. The molecular formula is C17H15ClO4. The van der Waals surface area contributed by atoms with Crippen molar-refractivity contribution in [3.63, 3.8) is 0 Å². The van der Waals surface area contributed by atoms with Gasteiger partial charge in [0.05, 0.1) is 0 Å². The van der Waals surface area contributed by atoms with E-state index in [4.69, 9.17) is 21.4 Å². The highest BCUT2D eigenvalue weighted by Crippen LogP contribution is 2.25. The molecule has 0 fully saturated rings. The molecule has 0 heterocycles. The van der Waals surface area contributed by atoms with Crippen molar-refractivity contribution in [2.24, 2.45) is 0 Å². The van der Waals surface area contributed by atoms with Crippen LogP contribution in [-0.4, -0.2) is 23.0 Å². The van der Waals surface area contributed by atoms with Crippen molar-refractivity contribution in [3.05, 3.63) is 64.2 Å². The van der Waals surface area contributed by atoms with Gasteiger partial charge in [-0.15, -0.1) is 0 Å². The summed E-state index contributed by atoms with van der Waals surface area (Å²) in [5.74, 6) is -0.842. The molecule has 0 amide bonds.